The number of carbonyl (C=O) groups excluding carboxylic acids is 2. The van der Waals surface area contributed by atoms with Crippen molar-refractivity contribution in [2.24, 2.45) is 5.41 Å². The van der Waals surface area contributed by atoms with E-state index >= 15 is 0 Å². The number of aliphatic carboxylic acids is 1. The van der Waals surface area contributed by atoms with Crippen LogP contribution in [0.4, 0.5) is 5.69 Å². The molecule has 7 nitrogen and oxygen atoms in total. The van der Waals surface area contributed by atoms with E-state index in [0.717, 1.165) is 24.1 Å². The third-order valence-electron chi connectivity index (χ3n) is 7.60. The van der Waals surface area contributed by atoms with Crippen molar-refractivity contribution in [3.05, 3.63) is 59.7 Å². The molecule has 1 fully saturated rings. The molecule has 2 amide bonds. The van der Waals surface area contributed by atoms with Crippen LogP contribution >= 0.6 is 0 Å². The topological polar surface area (TPSA) is 87.2 Å². The summed E-state index contributed by atoms with van der Waals surface area (Å²) in [6, 6.07) is 15.0. The molecule has 0 radical (unpaired) electrons. The zero-order valence-corrected chi connectivity index (χ0v) is 21.4. The van der Waals surface area contributed by atoms with E-state index in [1.165, 1.54) is 6.42 Å². The number of hydrogen-bond donors (Lipinski definition) is 1. The molecule has 0 saturated heterocycles. The SMILES string of the molecule is CCN(C(=O)C1CCN(C(=O)c2ccc(OCCC(C)(C)C(=O)O)cc2)c2ccccc21)C1CCC1. The van der Waals surface area contributed by atoms with Gasteiger partial charge in [0.2, 0.25) is 5.91 Å². The van der Waals surface area contributed by atoms with Crippen LogP contribution in [0.15, 0.2) is 48.5 Å². The van der Waals surface area contributed by atoms with E-state index in [2.05, 4.69) is 0 Å². The van der Waals surface area contributed by atoms with Crippen molar-refractivity contribution in [2.45, 2.75) is 64.8 Å². The number of anilines is 1. The summed E-state index contributed by atoms with van der Waals surface area (Å²) in [5.41, 5.74) is 1.40. The second-order valence-electron chi connectivity index (χ2n) is 10.4. The van der Waals surface area contributed by atoms with Crippen molar-refractivity contribution in [2.75, 3.05) is 24.6 Å². The molecule has 2 aromatic carbocycles. The molecular weight excluding hydrogens is 456 g/mol. The van der Waals surface area contributed by atoms with Crippen LogP contribution in [-0.4, -0.2) is 53.5 Å². The maximum atomic E-state index is 13.5. The minimum atomic E-state index is -0.858. The molecule has 1 saturated carbocycles. The average molecular weight is 493 g/mol. The van der Waals surface area contributed by atoms with Gasteiger partial charge < -0.3 is 19.6 Å². The number of fused-ring (bicyclic) bond motifs is 1. The number of ether oxygens (including phenoxy) is 1. The van der Waals surface area contributed by atoms with Crippen LogP contribution in [0, 0.1) is 5.41 Å². The molecule has 192 valence electrons. The van der Waals surface area contributed by atoms with E-state index in [-0.39, 0.29) is 24.3 Å². The Kier molecular flexibility index (Phi) is 7.67. The zero-order chi connectivity index (χ0) is 25.9. The molecule has 1 atom stereocenters. The molecule has 4 rings (SSSR count). The second-order valence-corrected chi connectivity index (χ2v) is 10.4. The lowest BCUT2D eigenvalue weighted by Gasteiger charge is -2.41. The van der Waals surface area contributed by atoms with Crippen LogP contribution in [0.2, 0.25) is 0 Å². The number of amides is 2. The lowest BCUT2D eigenvalue weighted by molar-refractivity contribution is -0.147. The fourth-order valence-corrected chi connectivity index (χ4v) is 4.90. The summed E-state index contributed by atoms with van der Waals surface area (Å²) < 4.78 is 5.70. The summed E-state index contributed by atoms with van der Waals surface area (Å²) in [4.78, 5) is 42.0. The smallest absolute Gasteiger partial charge is 0.309 e. The number of carboxylic acids is 1. The minimum absolute atomic E-state index is 0.113. The quantitative estimate of drug-likeness (QED) is 0.526. The molecule has 1 aliphatic heterocycles. The van der Waals surface area contributed by atoms with Gasteiger partial charge in [-0.15, -0.1) is 0 Å². The van der Waals surface area contributed by atoms with E-state index in [1.807, 2.05) is 36.1 Å². The summed E-state index contributed by atoms with van der Waals surface area (Å²) in [6.07, 6.45) is 4.32. The van der Waals surface area contributed by atoms with Crippen molar-refractivity contribution in [3.8, 4) is 5.75 Å². The number of carboxylic acid groups (broad SMARTS) is 1. The number of hydrogen-bond acceptors (Lipinski definition) is 4. The van der Waals surface area contributed by atoms with E-state index < -0.39 is 11.4 Å². The van der Waals surface area contributed by atoms with Gasteiger partial charge in [0.25, 0.3) is 5.91 Å². The number of nitrogens with zero attached hydrogens (tertiary/aromatic N) is 2. The molecule has 0 bridgehead atoms. The highest BCUT2D eigenvalue weighted by Crippen LogP contribution is 2.38. The highest BCUT2D eigenvalue weighted by atomic mass is 16.5. The molecule has 7 heteroatoms. The molecule has 1 heterocycles. The Labute approximate surface area is 213 Å². The van der Waals surface area contributed by atoms with Crippen LogP contribution in [0.1, 0.15) is 74.7 Å². The Bertz CT molecular complexity index is 1110. The first kappa shape index (κ1) is 25.7. The first-order chi connectivity index (χ1) is 17.2. The van der Waals surface area contributed by atoms with Gasteiger partial charge in [-0.25, -0.2) is 0 Å². The summed E-state index contributed by atoms with van der Waals surface area (Å²) in [6.45, 7) is 6.85. The van der Waals surface area contributed by atoms with Gasteiger partial charge in [0.05, 0.1) is 17.9 Å². The molecule has 0 aromatic heterocycles. The van der Waals surface area contributed by atoms with Crippen molar-refractivity contribution in [3.63, 3.8) is 0 Å². The summed E-state index contributed by atoms with van der Waals surface area (Å²) in [5, 5.41) is 9.24. The van der Waals surface area contributed by atoms with Crippen LogP contribution in [0.5, 0.6) is 5.75 Å². The number of likely N-dealkylation sites (N-methyl/N-ethyl adjacent to an activating group) is 1. The molecule has 1 unspecified atom stereocenters. The third kappa shape index (κ3) is 5.25. The lowest BCUT2D eigenvalue weighted by Crippen LogP contribution is -2.48. The highest BCUT2D eigenvalue weighted by molar-refractivity contribution is 6.07. The predicted molar refractivity (Wildman–Crippen MR) is 138 cm³/mol. The largest absolute Gasteiger partial charge is 0.494 e. The lowest BCUT2D eigenvalue weighted by atomic mass is 9.85. The summed E-state index contributed by atoms with van der Waals surface area (Å²) in [7, 11) is 0. The predicted octanol–water partition coefficient (Wildman–Crippen LogP) is 5.10. The van der Waals surface area contributed by atoms with Gasteiger partial charge in [-0.3, -0.25) is 14.4 Å². The van der Waals surface area contributed by atoms with Gasteiger partial charge in [-0.1, -0.05) is 18.2 Å². The number of rotatable bonds is 9. The second kappa shape index (κ2) is 10.7. The molecule has 2 aliphatic rings. The van der Waals surface area contributed by atoms with E-state index in [9.17, 15) is 19.5 Å². The van der Waals surface area contributed by atoms with E-state index in [4.69, 9.17) is 4.74 Å². The zero-order valence-electron chi connectivity index (χ0n) is 21.4. The van der Waals surface area contributed by atoms with Crippen molar-refractivity contribution in [1.29, 1.82) is 0 Å². The normalized spacial score (nSPS) is 17.6. The van der Waals surface area contributed by atoms with Crippen LogP contribution in [-0.2, 0) is 9.59 Å². The number of carbonyl (C=O) groups is 3. The Morgan fingerprint density at radius 1 is 1.06 bits per heavy atom. The molecule has 2 aromatic rings. The Balaban J connectivity index is 1.45. The molecular formula is C29H36N2O5. The fourth-order valence-electron chi connectivity index (χ4n) is 4.90. The third-order valence-corrected chi connectivity index (χ3v) is 7.60. The van der Waals surface area contributed by atoms with E-state index in [0.29, 0.717) is 43.3 Å². The van der Waals surface area contributed by atoms with Gasteiger partial charge in [0.15, 0.2) is 0 Å². The highest BCUT2D eigenvalue weighted by Gasteiger charge is 2.37. The number of benzene rings is 2. The molecule has 36 heavy (non-hydrogen) atoms. The van der Waals surface area contributed by atoms with Crippen molar-refractivity contribution < 1.29 is 24.2 Å². The Morgan fingerprint density at radius 2 is 1.75 bits per heavy atom. The minimum Gasteiger partial charge on any atom is -0.494 e. The van der Waals surface area contributed by atoms with Gasteiger partial charge in [0, 0.05) is 30.4 Å². The van der Waals surface area contributed by atoms with Gasteiger partial charge >= 0.3 is 5.97 Å². The molecule has 1 aliphatic carbocycles. The maximum Gasteiger partial charge on any atom is 0.309 e. The van der Waals surface area contributed by atoms with Gasteiger partial charge in [0.1, 0.15) is 5.75 Å². The van der Waals surface area contributed by atoms with Crippen LogP contribution in [0.3, 0.4) is 0 Å². The molecule has 1 N–H and O–H groups in total. The maximum absolute atomic E-state index is 13.5. The van der Waals surface area contributed by atoms with Crippen LogP contribution in [0.25, 0.3) is 0 Å². The van der Waals surface area contributed by atoms with Crippen LogP contribution < -0.4 is 9.64 Å². The van der Waals surface area contributed by atoms with Crippen molar-refractivity contribution >= 4 is 23.5 Å². The molecule has 0 spiro atoms. The summed E-state index contributed by atoms with van der Waals surface area (Å²) >= 11 is 0. The monoisotopic (exact) mass is 492 g/mol. The van der Waals surface area contributed by atoms with Gasteiger partial charge in [-0.05, 0) is 88.8 Å². The standard InChI is InChI=1S/C29H36N2O5/c1-4-30(21-8-7-9-21)27(33)24-16-18-31(25-11-6-5-10-23(24)25)26(32)20-12-14-22(15-13-20)36-19-17-29(2,3)28(34)35/h5-6,10-15,21,24H,4,7-9,16-19H2,1-3H3,(H,34,35). The Hall–Kier alpha value is -3.35. The summed E-state index contributed by atoms with van der Waals surface area (Å²) in [5.74, 6) is -0.430. The first-order valence-electron chi connectivity index (χ1n) is 12.9. The first-order valence-corrected chi connectivity index (χ1v) is 12.9. The van der Waals surface area contributed by atoms with E-state index in [1.54, 1.807) is 43.0 Å². The van der Waals surface area contributed by atoms with Gasteiger partial charge in [-0.2, -0.15) is 0 Å². The Morgan fingerprint density at radius 3 is 2.36 bits per heavy atom. The number of para-hydroxylation sites is 1. The van der Waals surface area contributed by atoms with Crippen molar-refractivity contribution in [1.82, 2.24) is 4.90 Å². The average Bonchev–Trinajstić information content (AvgIpc) is 2.84. The fraction of sp³-hybridized carbons (Fsp3) is 0.483.